The molecule has 1 aromatic carbocycles. The van der Waals surface area contributed by atoms with Gasteiger partial charge in [0.25, 0.3) is 0 Å². The molecule has 4 N–H and O–H groups in total. The molecule has 2 fully saturated rings. The minimum atomic E-state index is -0.273. The maximum Gasteiger partial charge on any atom is 0.414 e. The summed E-state index contributed by atoms with van der Waals surface area (Å²) in [6.45, 7) is 0.480. The van der Waals surface area contributed by atoms with Crippen LogP contribution in [-0.2, 0) is 4.74 Å². The second-order valence-electron chi connectivity index (χ2n) is 5.73. The van der Waals surface area contributed by atoms with Gasteiger partial charge < -0.3 is 16.2 Å². The predicted molar refractivity (Wildman–Crippen MR) is 79.5 cm³/mol. The van der Waals surface area contributed by atoms with Gasteiger partial charge in [-0.3, -0.25) is 4.90 Å². The van der Waals surface area contributed by atoms with E-state index < -0.39 is 0 Å². The Kier molecular flexibility index (Phi) is 3.42. The summed E-state index contributed by atoms with van der Waals surface area (Å²) in [5.41, 5.74) is 13.4. The largest absolute Gasteiger partial charge is 0.447 e. The first kappa shape index (κ1) is 13.1. The van der Waals surface area contributed by atoms with E-state index in [-0.39, 0.29) is 12.1 Å². The summed E-state index contributed by atoms with van der Waals surface area (Å²) in [6.07, 6.45) is 5.85. The van der Waals surface area contributed by atoms with Crippen LogP contribution in [0.2, 0.25) is 0 Å². The van der Waals surface area contributed by atoms with E-state index in [9.17, 15) is 4.79 Å². The van der Waals surface area contributed by atoms with Crippen LogP contribution < -0.4 is 16.4 Å². The lowest BCUT2D eigenvalue weighted by molar-refractivity contribution is 0.173. The number of nitrogens with zero attached hydrogens (tertiary/aromatic N) is 1. The first-order chi connectivity index (χ1) is 9.66. The average Bonchev–Trinajstić information content (AvgIpc) is 2.85. The van der Waals surface area contributed by atoms with Crippen molar-refractivity contribution in [3.63, 3.8) is 0 Å². The third kappa shape index (κ3) is 2.28. The summed E-state index contributed by atoms with van der Waals surface area (Å²) in [5, 5.41) is 0. The fraction of sp³-hybridized carbons (Fsp3) is 0.533. The summed E-state index contributed by atoms with van der Waals surface area (Å²) in [5.74, 6) is 0.522. The Hall–Kier alpha value is -1.91. The number of carbonyl (C=O) groups excluding carboxylic acids is 1. The van der Waals surface area contributed by atoms with E-state index in [1.807, 2.05) is 6.07 Å². The van der Waals surface area contributed by atoms with Crippen molar-refractivity contribution in [1.82, 2.24) is 0 Å². The van der Waals surface area contributed by atoms with Crippen molar-refractivity contribution < 1.29 is 9.53 Å². The van der Waals surface area contributed by atoms with Gasteiger partial charge in [0.2, 0.25) is 0 Å². The van der Waals surface area contributed by atoms with E-state index in [4.69, 9.17) is 16.2 Å². The van der Waals surface area contributed by atoms with Crippen molar-refractivity contribution in [2.75, 3.05) is 23.0 Å². The van der Waals surface area contributed by atoms with Crippen molar-refractivity contribution in [2.24, 2.45) is 5.92 Å². The fourth-order valence-corrected chi connectivity index (χ4v) is 3.31. The summed E-state index contributed by atoms with van der Waals surface area (Å²) < 4.78 is 5.27. The number of benzene rings is 1. The monoisotopic (exact) mass is 275 g/mol. The Morgan fingerprint density at radius 3 is 2.55 bits per heavy atom. The first-order valence-electron chi connectivity index (χ1n) is 7.28. The minimum absolute atomic E-state index is 0.130. The van der Waals surface area contributed by atoms with E-state index >= 15 is 0 Å². The van der Waals surface area contributed by atoms with Crippen LogP contribution in [0.3, 0.4) is 0 Å². The molecule has 20 heavy (non-hydrogen) atoms. The third-order valence-electron chi connectivity index (χ3n) is 4.45. The maximum absolute atomic E-state index is 12.1. The molecule has 1 aliphatic carbocycles. The number of nitrogens with two attached hydrogens (primary N) is 2. The van der Waals surface area contributed by atoms with E-state index in [2.05, 4.69) is 0 Å². The van der Waals surface area contributed by atoms with Crippen LogP contribution in [0.1, 0.15) is 32.1 Å². The van der Waals surface area contributed by atoms with Gasteiger partial charge in [-0.2, -0.15) is 0 Å². The van der Waals surface area contributed by atoms with Crippen LogP contribution in [-0.4, -0.2) is 18.7 Å². The molecule has 1 atom stereocenters. The smallest absolute Gasteiger partial charge is 0.414 e. The van der Waals surface area contributed by atoms with Crippen LogP contribution in [0.25, 0.3) is 0 Å². The molecule has 1 amide bonds. The Balaban J connectivity index is 1.87. The van der Waals surface area contributed by atoms with Crippen molar-refractivity contribution in [3.05, 3.63) is 18.2 Å². The van der Waals surface area contributed by atoms with Gasteiger partial charge >= 0.3 is 6.09 Å². The third-order valence-corrected chi connectivity index (χ3v) is 4.45. The molecule has 1 aromatic rings. The van der Waals surface area contributed by atoms with Gasteiger partial charge in [0.05, 0.1) is 17.4 Å². The standard InChI is InChI=1S/C15H21N3O2/c16-12-7-6-11(8-13(12)17)18-14(9-20-15(18)19)10-4-2-1-3-5-10/h6-8,10,14H,1-5,9,16-17H2. The molecule has 1 heterocycles. The summed E-state index contributed by atoms with van der Waals surface area (Å²) in [6, 6.07) is 5.48. The zero-order valence-corrected chi connectivity index (χ0v) is 11.5. The first-order valence-corrected chi connectivity index (χ1v) is 7.28. The molecule has 1 saturated carbocycles. The molecule has 1 aliphatic heterocycles. The lowest BCUT2D eigenvalue weighted by atomic mass is 9.83. The number of rotatable bonds is 2. The quantitative estimate of drug-likeness (QED) is 0.813. The number of cyclic esters (lactones) is 1. The molecule has 108 valence electrons. The highest BCUT2D eigenvalue weighted by Crippen LogP contribution is 2.35. The van der Waals surface area contributed by atoms with E-state index in [0.717, 1.165) is 5.69 Å². The zero-order valence-electron chi connectivity index (χ0n) is 11.5. The van der Waals surface area contributed by atoms with Gasteiger partial charge in [-0.1, -0.05) is 19.3 Å². The Morgan fingerprint density at radius 1 is 1.10 bits per heavy atom. The Bertz CT molecular complexity index is 512. The lowest BCUT2D eigenvalue weighted by Crippen LogP contribution is -2.40. The average molecular weight is 275 g/mol. The van der Waals surface area contributed by atoms with Crippen molar-refractivity contribution in [3.8, 4) is 0 Å². The van der Waals surface area contributed by atoms with Crippen LogP contribution in [0.4, 0.5) is 21.9 Å². The van der Waals surface area contributed by atoms with Gasteiger partial charge in [-0.25, -0.2) is 4.79 Å². The second-order valence-corrected chi connectivity index (χ2v) is 5.73. The van der Waals surface area contributed by atoms with Crippen molar-refractivity contribution in [2.45, 2.75) is 38.1 Å². The van der Waals surface area contributed by atoms with Crippen LogP contribution in [0.15, 0.2) is 18.2 Å². The van der Waals surface area contributed by atoms with Crippen LogP contribution in [0, 0.1) is 5.92 Å². The van der Waals surface area contributed by atoms with Gasteiger partial charge in [-0.15, -0.1) is 0 Å². The maximum atomic E-state index is 12.1. The van der Waals surface area contributed by atoms with Crippen molar-refractivity contribution >= 4 is 23.2 Å². The van der Waals surface area contributed by atoms with Gasteiger partial charge in [-0.05, 0) is 37.0 Å². The molecule has 0 radical (unpaired) electrons. The van der Waals surface area contributed by atoms with Crippen LogP contribution in [0.5, 0.6) is 0 Å². The second kappa shape index (κ2) is 5.23. The number of hydrogen-bond acceptors (Lipinski definition) is 4. The zero-order chi connectivity index (χ0) is 14.1. The van der Waals surface area contributed by atoms with Gasteiger partial charge in [0, 0.05) is 5.69 Å². The number of carbonyl (C=O) groups is 1. The van der Waals surface area contributed by atoms with E-state index in [1.54, 1.807) is 17.0 Å². The Labute approximate surface area is 118 Å². The molecular weight excluding hydrogens is 254 g/mol. The molecule has 1 unspecified atom stereocenters. The highest BCUT2D eigenvalue weighted by atomic mass is 16.6. The number of amides is 1. The molecule has 1 saturated heterocycles. The summed E-state index contributed by atoms with van der Waals surface area (Å²) >= 11 is 0. The lowest BCUT2D eigenvalue weighted by Gasteiger charge is -2.31. The molecule has 5 nitrogen and oxygen atoms in total. The molecule has 0 bridgehead atoms. The number of hydrogen-bond donors (Lipinski definition) is 2. The highest BCUT2D eigenvalue weighted by molar-refractivity contribution is 5.91. The molecule has 5 heteroatoms. The van der Waals surface area contributed by atoms with Crippen molar-refractivity contribution in [1.29, 1.82) is 0 Å². The van der Waals surface area contributed by atoms with E-state index in [0.29, 0.717) is 23.9 Å². The Morgan fingerprint density at radius 2 is 1.85 bits per heavy atom. The van der Waals surface area contributed by atoms with Gasteiger partial charge in [0.15, 0.2) is 0 Å². The molecule has 2 aliphatic rings. The topological polar surface area (TPSA) is 81.6 Å². The molecule has 0 aromatic heterocycles. The molecular formula is C15H21N3O2. The summed E-state index contributed by atoms with van der Waals surface area (Å²) in [7, 11) is 0. The molecule has 3 rings (SSSR count). The SMILES string of the molecule is Nc1ccc(N2C(=O)OCC2C2CCCCC2)cc1N. The van der Waals surface area contributed by atoms with Gasteiger partial charge in [0.1, 0.15) is 6.61 Å². The predicted octanol–water partition coefficient (Wildman–Crippen LogP) is 2.76. The minimum Gasteiger partial charge on any atom is -0.447 e. The van der Waals surface area contributed by atoms with Crippen LogP contribution >= 0.6 is 0 Å². The molecule has 0 spiro atoms. The number of anilines is 3. The summed E-state index contributed by atoms with van der Waals surface area (Å²) in [4.78, 5) is 13.8. The normalized spacial score (nSPS) is 23.9. The fourth-order valence-electron chi connectivity index (χ4n) is 3.31. The van der Waals surface area contributed by atoms with E-state index in [1.165, 1.54) is 32.1 Å². The number of nitrogen functional groups attached to an aromatic ring is 2. The highest BCUT2D eigenvalue weighted by Gasteiger charge is 2.39. The number of ether oxygens (including phenoxy) is 1.